The van der Waals surface area contributed by atoms with Crippen molar-refractivity contribution in [3.63, 3.8) is 0 Å². The fraction of sp³-hybridized carbons (Fsp3) is 0.818. The van der Waals surface area contributed by atoms with Crippen LogP contribution >= 0.6 is 0 Å². The van der Waals surface area contributed by atoms with E-state index in [1.165, 1.54) is 11.9 Å². The highest BCUT2D eigenvalue weighted by Gasteiger charge is 2.33. The molecule has 0 radical (unpaired) electrons. The van der Waals surface area contributed by atoms with Crippen molar-refractivity contribution in [2.24, 2.45) is 0 Å². The van der Waals surface area contributed by atoms with Gasteiger partial charge >= 0.3 is 12.0 Å². The van der Waals surface area contributed by atoms with Gasteiger partial charge in [-0.2, -0.15) is 0 Å². The molecular formula is C11H20N2O5S. The Morgan fingerprint density at radius 1 is 1.47 bits per heavy atom. The SMILES string of the molecule is CCC[C@H](NC(=O)N(C)C1CCS(=O)(=O)C1)C(=O)O. The lowest BCUT2D eigenvalue weighted by molar-refractivity contribution is -0.139. The average Bonchev–Trinajstić information content (AvgIpc) is 2.67. The molecule has 19 heavy (non-hydrogen) atoms. The zero-order valence-corrected chi connectivity index (χ0v) is 11.9. The van der Waals surface area contributed by atoms with E-state index in [-0.39, 0.29) is 17.5 Å². The Hall–Kier alpha value is -1.31. The molecule has 8 heteroatoms. The van der Waals surface area contributed by atoms with Crippen molar-refractivity contribution < 1.29 is 23.1 Å². The molecule has 1 unspecified atom stereocenters. The van der Waals surface area contributed by atoms with E-state index >= 15 is 0 Å². The maximum atomic E-state index is 11.9. The van der Waals surface area contributed by atoms with Gasteiger partial charge in [-0.05, 0) is 12.8 Å². The second-order valence-corrected chi connectivity index (χ2v) is 7.03. The van der Waals surface area contributed by atoms with Gasteiger partial charge in [-0.1, -0.05) is 13.3 Å². The van der Waals surface area contributed by atoms with E-state index in [9.17, 15) is 18.0 Å². The molecule has 1 fully saturated rings. The molecule has 0 aromatic carbocycles. The van der Waals surface area contributed by atoms with E-state index in [1.54, 1.807) is 0 Å². The molecule has 0 aromatic rings. The molecule has 2 N–H and O–H groups in total. The molecule has 1 aliphatic heterocycles. The number of carboxylic acids is 1. The highest BCUT2D eigenvalue weighted by atomic mass is 32.2. The van der Waals surface area contributed by atoms with Crippen molar-refractivity contribution >= 4 is 21.8 Å². The number of carboxylic acid groups (broad SMARTS) is 1. The number of amides is 2. The topological polar surface area (TPSA) is 104 Å². The van der Waals surface area contributed by atoms with Gasteiger partial charge in [0.15, 0.2) is 9.84 Å². The molecule has 1 aliphatic rings. The summed E-state index contributed by atoms with van der Waals surface area (Å²) in [5.74, 6) is -1.06. The predicted octanol–water partition coefficient (Wildman–Crippen LogP) is 0.0682. The van der Waals surface area contributed by atoms with Crippen LogP contribution < -0.4 is 5.32 Å². The lowest BCUT2D eigenvalue weighted by atomic mass is 10.2. The monoisotopic (exact) mass is 292 g/mol. The fourth-order valence-corrected chi connectivity index (χ4v) is 3.82. The number of hydrogen-bond donors (Lipinski definition) is 2. The Morgan fingerprint density at radius 2 is 2.11 bits per heavy atom. The summed E-state index contributed by atoms with van der Waals surface area (Å²) < 4.78 is 22.7. The molecule has 110 valence electrons. The van der Waals surface area contributed by atoms with Crippen LogP contribution in [0.2, 0.25) is 0 Å². The van der Waals surface area contributed by atoms with Crippen LogP contribution in [0.25, 0.3) is 0 Å². The number of nitrogens with one attached hydrogen (secondary N) is 1. The first-order valence-corrected chi connectivity index (χ1v) is 8.05. The van der Waals surface area contributed by atoms with Crippen LogP contribution in [0.1, 0.15) is 26.2 Å². The molecule has 2 atom stereocenters. The number of aliphatic carboxylic acids is 1. The van der Waals surface area contributed by atoms with E-state index in [2.05, 4.69) is 5.32 Å². The van der Waals surface area contributed by atoms with E-state index in [4.69, 9.17) is 5.11 Å². The van der Waals surface area contributed by atoms with Crippen molar-refractivity contribution in [3.8, 4) is 0 Å². The Kier molecular flexibility index (Phi) is 5.16. The summed E-state index contributed by atoms with van der Waals surface area (Å²) in [5, 5.41) is 11.4. The third kappa shape index (κ3) is 4.38. The summed E-state index contributed by atoms with van der Waals surface area (Å²) >= 11 is 0. The van der Waals surface area contributed by atoms with Gasteiger partial charge in [-0.15, -0.1) is 0 Å². The van der Waals surface area contributed by atoms with Gasteiger partial charge in [0, 0.05) is 13.1 Å². The number of carbonyl (C=O) groups excluding carboxylic acids is 1. The fourth-order valence-electron chi connectivity index (χ4n) is 2.04. The first kappa shape index (κ1) is 15.7. The van der Waals surface area contributed by atoms with Crippen LogP contribution in [0.15, 0.2) is 0 Å². The first-order chi connectivity index (χ1) is 8.76. The molecule has 0 spiro atoms. The van der Waals surface area contributed by atoms with Crippen molar-refractivity contribution in [1.82, 2.24) is 10.2 Å². The quantitative estimate of drug-likeness (QED) is 0.746. The minimum absolute atomic E-state index is 0.0531. The molecule has 0 aromatic heterocycles. The minimum atomic E-state index is -3.07. The van der Waals surface area contributed by atoms with E-state index in [1.807, 2.05) is 6.92 Å². The zero-order chi connectivity index (χ0) is 14.6. The lowest BCUT2D eigenvalue weighted by Crippen LogP contribution is -2.50. The first-order valence-electron chi connectivity index (χ1n) is 6.23. The summed E-state index contributed by atoms with van der Waals surface area (Å²) in [4.78, 5) is 24.1. The molecule has 0 saturated carbocycles. The highest BCUT2D eigenvalue weighted by Crippen LogP contribution is 2.16. The van der Waals surface area contributed by atoms with Gasteiger partial charge in [0.2, 0.25) is 0 Å². The summed E-state index contributed by atoms with van der Waals surface area (Å²) in [6.07, 6.45) is 1.38. The number of rotatable bonds is 5. The molecule has 1 rings (SSSR count). The molecule has 7 nitrogen and oxygen atoms in total. The second kappa shape index (κ2) is 6.23. The summed E-state index contributed by atoms with van der Waals surface area (Å²) in [6, 6.07) is -1.85. The number of carbonyl (C=O) groups is 2. The molecule has 0 aliphatic carbocycles. The van der Waals surface area contributed by atoms with Gasteiger partial charge in [-0.3, -0.25) is 0 Å². The van der Waals surface area contributed by atoms with Crippen molar-refractivity contribution in [2.75, 3.05) is 18.6 Å². The van der Waals surface area contributed by atoms with E-state index in [0.29, 0.717) is 19.3 Å². The number of hydrogen-bond acceptors (Lipinski definition) is 4. The zero-order valence-electron chi connectivity index (χ0n) is 11.1. The summed E-state index contributed by atoms with van der Waals surface area (Å²) in [5.41, 5.74) is 0. The number of sulfone groups is 1. The van der Waals surface area contributed by atoms with Gasteiger partial charge < -0.3 is 15.3 Å². The van der Waals surface area contributed by atoms with E-state index in [0.717, 1.165) is 0 Å². The Labute approximate surface area is 112 Å². The lowest BCUT2D eigenvalue weighted by Gasteiger charge is -2.25. The molecular weight excluding hydrogens is 272 g/mol. The molecule has 2 amide bonds. The maximum Gasteiger partial charge on any atom is 0.326 e. The van der Waals surface area contributed by atoms with Crippen molar-refractivity contribution in [1.29, 1.82) is 0 Å². The van der Waals surface area contributed by atoms with Crippen LogP contribution in [0.4, 0.5) is 4.79 Å². The highest BCUT2D eigenvalue weighted by molar-refractivity contribution is 7.91. The standard InChI is InChI=1S/C11H20N2O5S/c1-3-4-9(10(14)15)12-11(16)13(2)8-5-6-19(17,18)7-8/h8-9H,3-7H2,1-2H3,(H,12,16)(H,14,15)/t8?,9-/m0/s1. The normalized spacial score (nSPS) is 22.7. The third-order valence-corrected chi connectivity index (χ3v) is 5.00. The summed E-state index contributed by atoms with van der Waals surface area (Å²) in [6.45, 7) is 1.83. The molecule has 1 heterocycles. The van der Waals surface area contributed by atoms with Gasteiger partial charge in [0.1, 0.15) is 6.04 Å². The van der Waals surface area contributed by atoms with Crippen LogP contribution in [0.5, 0.6) is 0 Å². The average molecular weight is 292 g/mol. The van der Waals surface area contributed by atoms with Crippen LogP contribution in [-0.4, -0.2) is 61.1 Å². The van der Waals surface area contributed by atoms with Gasteiger partial charge in [-0.25, -0.2) is 18.0 Å². The Balaban J connectivity index is 2.60. The Morgan fingerprint density at radius 3 is 2.53 bits per heavy atom. The van der Waals surface area contributed by atoms with Crippen LogP contribution in [0.3, 0.4) is 0 Å². The van der Waals surface area contributed by atoms with Crippen LogP contribution in [0, 0.1) is 0 Å². The maximum absolute atomic E-state index is 11.9. The minimum Gasteiger partial charge on any atom is -0.480 e. The van der Waals surface area contributed by atoms with Gasteiger partial charge in [0.05, 0.1) is 11.5 Å². The number of urea groups is 1. The number of nitrogens with zero attached hydrogens (tertiary/aromatic N) is 1. The van der Waals surface area contributed by atoms with Crippen molar-refractivity contribution in [2.45, 2.75) is 38.3 Å². The third-order valence-electron chi connectivity index (χ3n) is 3.25. The largest absolute Gasteiger partial charge is 0.480 e. The van der Waals surface area contributed by atoms with Crippen molar-refractivity contribution in [3.05, 3.63) is 0 Å². The van der Waals surface area contributed by atoms with E-state index < -0.39 is 27.9 Å². The second-order valence-electron chi connectivity index (χ2n) is 4.80. The molecule has 0 bridgehead atoms. The Bertz CT molecular complexity index is 448. The summed E-state index contributed by atoms with van der Waals surface area (Å²) in [7, 11) is -1.58. The smallest absolute Gasteiger partial charge is 0.326 e. The molecule has 1 saturated heterocycles. The predicted molar refractivity (Wildman–Crippen MR) is 69.7 cm³/mol. The van der Waals surface area contributed by atoms with Gasteiger partial charge in [0.25, 0.3) is 0 Å². The van der Waals surface area contributed by atoms with Crippen LogP contribution in [-0.2, 0) is 14.6 Å².